The summed E-state index contributed by atoms with van der Waals surface area (Å²) in [6.45, 7) is 4.11. The molecular formula is C18H17NO5S. The molecule has 1 aliphatic rings. The molecular weight excluding hydrogens is 342 g/mol. The van der Waals surface area contributed by atoms with Gasteiger partial charge in [-0.1, -0.05) is 25.1 Å². The Balaban J connectivity index is 1.74. The molecule has 0 aromatic heterocycles. The summed E-state index contributed by atoms with van der Waals surface area (Å²) in [6.07, 6.45) is 3.51. The van der Waals surface area contributed by atoms with Gasteiger partial charge >= 0.3 is 10.1 Å². The lowest BCUT2D eigenvalue weighted by atomic mass is 9.78. The van der Waals surface area contributed by atoms with Crippen molar-refractivity contribution >= 4 is 21.4 Å². The third-order valence-corrected chi connectivity index (χ3v) is 5.63. The molecule has 0 saturated heterocycles. The van der Waals surface area contributed by atoms with Crippen LogP contribution in [0.2, 0.25) is 0 Å². The molecule has 0 radical (unpaired) electrons. The number of rotatable bonds is 6. The van der Waals surface area contributed by atoms with Gasteiger partial charge in [-0.25, -0.2) is 0 Å². The Morgan fingerprint density at radius 2 is 1.68 bits per heavy atom. The molecule has 6 nitrogen and oxygen atoms in total. The number of non-ortho nitro benzene ring substituents is 1. The summed E-state index contributed by atoms with van der Waals surface area (Å²) < 4.78 is 29.6. The minimum atomic E-state index is -4.04. The summed E-state index contributed by atoms with van der Waals surface area (Å²) in [5, 5.41) is 10.6. The Kier molecular flexibility index (Phi) is 4.59. The van der Waals surface area contributed by atoms with E-state index in [1.807, 2.05) is 0 Å². The van der Waals surface area contributed by atoms with E-state index in [0.29, 0.717) is 5.92 Å². The fraction of sp³-hybridized carbons (Fsp3) is 0.222. The molecule has 2 aromatic rings. The molecule has 0 bridgehead atoms. The van der Waals surface area contributed by atoms with Gasteiger partial charge in [-0.15, -0.1) is 0 Å². The number of hydrogen-bond donors (Lipinski definition) is 0. The van der Waals surface area contributed by atoms with Crippen LogP contribution in [0.5, 0.6) is 5.75 Å². The van der Waals surface area contributed by atoms with Crippen LogP contribution in [0.3, 0.4) is 0 Å². The maximum atomic E-state index is 12.3. The minimum Gasteiger partial charge on any atom is -0.379 e. The first-order chi connectivity index (χ1) is 11.9. The van der Waals surface area contributed by atoms with Gasteiger partial charge < -0.3 is 4.18 Å². The Morgan fingerprint density at radius 1 is 1.08 bits per heavy atom. The van der Waals surface area contributed by atoms with E-state index in [1.54, 1.807) is 24.3 Å². The van der Waals surface area contributed by atoms with Gasteiger partial charge in [0.1, 0.15) is 10.6 Å². The number of nitro groups is 1. The first kappa shape index (κ1) is 17.2. The average molecular weight is 359 g/mol. The topological polar surface area (TPSA) is 86.5 Å². The van der Waals surface area contributed by atoms with Crippen molar-refractivity contribution < 1.29 is 17.5 Å². The summed E-state index contributed by atoms with van der Waals surface area (Å²) >= 11 is 0. The molecule has 1 saturated carbocycles. The van der Waals surface area contributed by atoms with Crippen LogP contribution >= 0.6 is 0 Å². The highest BCUT2D eigenvalue weighted by Gasteiger charge is 2.22. The number of benzene rings is 2. The monoisotopic (exact) mass is 359 g/mol. The van der Waals surface area contributed by atoms with Crippen molar-refractivity contribution in [3.8, 4) is 5.75 Å². The zero-order valence-electron chi connectivity index (χ0n) is 13.4. The molecule has 7 heteroatoms. The van der Waals surface area contributed by atoms with Crippen LogP contribution in [0, 0.1) is 16.0 Å². The van der Waals surface area contributed by atoms with Gasteiger partial charge in [-0.05, 0) is 54.2 Å². The normalized spacial score (nSPS) is 14.6. The molecule has 1 fully saturated rings. The second-order valence-electron chi connectivity index (χ2n) is 5.97. The zero-order valence-corrected chi connectivity index (χ0v) is 14.2. The first-order valence-corrected chi connectivity index (χ1v) is 9.26. The van der Waals surface area contributed by atoms with Crippen LogP contribution in [-0.4, -0.2) is 13.3 Å². The maximum absolute atomic E-state index is 12.3. The number of nitro benzene ring substituents is 1. The molecule has 0 aliphatic heterocycles. The predicted octanol–water partition coefficient (Wildman–Crippen LogP) is 4.18. The highest BCUT2D eigenvalue weighted by molar-refractivity contribution is 7.87. The molecule has 3 rings (SSSR count). The molecule has 0 heterocycles. The molecule has 2 aromatic carbocycles. The Bertz CT molecular complexity index is 897. The Hall–Kier alpha value is -2.67. The van der Waals surface area contributed by atoms with Crippen molar-refractivity contribution in [3.63, 3.8) is 0 Å². The molecule has 1 aliphatic carbocycles. The van der Waals surface area contributed by atoms with E-state index >= 15 is 0 Å². The standard InChI is InChI=1S/C18H17NO5S/c1-13(14-3-2-4-14)15-5-9-17(10-6-15)24-25(22,23)18-11-7-16(8-12-18)19(20)21/h5-12,14H,1-4H2. The number of nitrogens with zero attached hydrogens (tertiary/aromatic N) is 1. The van der Waals surface area contributed by atoms with Gasteiger partial charge in [0.05, 0.1) is 4.92 Å². The molecule has 130 valence electrons. The highest BCUT2D eigenvalue weighted by Crippen LogP contribution is 2.37. The van der Waals surface area contributed by atoms with Crippen LogP contribution in [0.1, 0.15) is 24.8 Å². The fourth-order valence-corrected chi connectivity index (χ4v) is 3.56. The fourth-order valence-electron chi connectivity index (χ4n) is 2.63. The summed E-state index contributed by atoms with van der Waals surface area (Å²) in [6, 6.07) is 11.3. The smallest absolute Gasteiger partial charge is 0.339 e. The van der Waals surface area contributed by atoms with Gasteiger partial charge in [0.2, 0.25) is 0 Å². The van der Waals surface area contributed by atoms with Crippen LogP contribution in [-0.2, 0) is 10.1 Å². The second-order valence-corrected chi connectivity index (χ2v) is 7.51. The lowest BCUT2D eigenvalue weighted by Gasteiger charge is -2.27. The quantitative estimate of drug-likeness (QED) is 0.439. The molecule has 0 unspecified atom stereocenters. The van der Waals surface area contributed by atoms with Crippen LogP contribution in [0.15, 0.2) is 60.0 Å². The third kappa shape index (κ3) is 3.71. The van der Waals surface area contributed by atoms with Crippen molar-refractivity contribution in [2.45, 2.75) is 24.2 Å². The Labute approximate surface area is 146 Å². The predicted molar refractivity (Wildman–Crippen MR) is 93.7 cm³/mol. The lowest BCUT2D eigenvalue weighted by Crippen LogP contribution is -2.12. The van der Waals surface area contributed by atoms with E-state index in [1.165, 1.54) is 6.42 Å². The summed E-state index contributed by atoms with van der Waals surface area (Å²) in [5.41, 5.74) is 1.86. The van der Waals surface area contributed by atoms with Crippen LogP contribution in [0.4, 0.5) is 5.69 Å². The van der Waals surface area contributed by atoms with E-state index in [2.05, 4.69) is 6.58 Å². The summed E-state index contributed by atoms with van der Waals surface area (Å²) in [5.74, 6) is 0.694. The molecule has 0 N–H and O–H groups in total. The molecule has 0 amide bonds. The van der Waals surface area contributed by atoms with Crippen molar-refractivity contribution in [1.82, 2.24) is 0 Å². The van der Waals surface area contributed by atoms with Crippen molar-refractivity contribution in [2.75, 3.05) is 0 Å². The van der Waals surface area contributed by atoms with Crippen LogP contribution < -0.4 is 4.18 Å². The molecule has 0 spiro atoms. The first-order valence-electron chi connectivity index (χ1n) is 7.85. The maximum Gasteiger partial charge on any atom is 0.339 e. The molecule has 25 heavy (non-hydrogen) atoms. The average Bonchev–Trinajstić information content (AvgIpc) is 2.53. The highest BCUT2D eigenvalue weighted by atomic mass is 32.2. The third-order valence-electron chi connectivity index (χ3n) is 4.37. The van der Waals surface area contributed by atoms with E-state index in [-0.39, 0.29) is 16.3 Å². The summed E-state index contributed by atoms with van der Waals surface area (Å²) in [7, 11) is -4.04. The van der Waals surface area contributed by atoms with E-state index < -0.39 is 15.0 Å². The minimum absolute atomic E-state index is 0.138. The number of hydrogen-bond acceptors (Lipinski definition) is 5. The zero-order chi connectivity index (χ0) is 18.0. The lowest BCUT2D eigenvalue weighted by molar-refractivity contribution is -0.384. The van der Waals surface area contributed by atoms with Gasteiger partial charge in [-0.2, -0.15) is 8.42 Å². The van der Waals surface area contributed by atoms with Gasteiger partial charge in [0.15, 0.2) is 0 Å². The van der Waals surface area contributed by atoms with E-state index in [0.717, 1.165) is 48.2 Å². The van der Waals surface area contributed by atoms with Gasteiger partial charge in [-0.3, -0.25) is 10.1 Å². The molecule has 0 atom stereocenters. The van der Waals surface area contributed by atoms with Gasteiger partial charge in [0, 0.05) is 12.1 Å². The van der Waals surface area contributed by atoms with Crippen molar-refractivity contribution in [1.29, 1.82) is 0 Å². The van der Waals surface area contributed by atoms with E-state index in [9.17, 15) is 18.5 Å². The SMILES string of the molecule is C=C(c1ccc(OS(=O)(=O)c2ccc([N+](=O)[O-])cc2)cc1)C1CCC1. The largest absolute Gasteiger partial charge is 0.379 e. The van der Waals surface area contributed by atoms with E-state index in [4.69, 9.17) is 4.18 Å². The Morgan fingerprint density at radius 3 is 2.16 bits per heavy atom. The summed E-state index contributed by atoms with van der Waals surface area (Å²) in [4.78, 5) is 9.90. The second kappa shape index (κ2) is 6.68. The number of allylic oxidation sites excluding steroid dienone is 1. The van der Waals surface area contributed by atoms with Crippen molar-refractivity contribution in [2.24, 2.45) is 5.92 Å². The van der Waals surface area contributed by atoms with Gasteiger partial charge in [0.25, 0.3) is 5.69 Å². The van der Waals surface area contributed by atoms with Crippen LogP contribution in [0.25, 0.3) is 5.57 Å². The van der Waals surface area contributed by atoms with Crippen molar-refractivity contribution in [3.05, 3.63) is 70.8 Å².